The Morgan fingerprint density at radius 1 is 0.811 bits per heavy atom. The average Bonchev–Trinajstić information content (AvgIpc) is 3.07. The molecule has 3 aromatic carbocycles. The van der Waals surface area contributed by atoms with Crippen LogP contribution in [-0.4, -0.2) is 68.0 Å². The lowest BCUT2D eigenvalue weighted by Crippen LogP contribution is -2.55. The predicted octanol–water partition coefficient (Wildman–Crippen LogP) is 9.40. The molecule has 0 aliphatic carbocycles. The van der Waals surface area contributed by atoms with Crippen molar-refractivity contribution in [2.24, 2.45) is 5.92 Å². The quantitative estimate of drug-likeness (QED) is 0.160. The Hall–Kier alpha value is -4.36. The maximum Gasteiger partial charge on any atom is 0.415 e. The average molecular weight is 754 g/mol. The van der Waals surface area contributed by atoms with E-state index < -0.39 is 55.8 Å². The molecule has 3 amide bonds. The molecule has 0 radical (unpaired) electrons. The lowest BCUT2D eigenvalue weighted by Gasteiger charge is -2.48. The van der Waals surface area contributed by atoms with Gasteiger partial charge in [-0.1, -0.05) is 39.0 Å². The first-order valence-corrected chi connectivity index (χ1v) is 20.9. The molecule has 13 heteroatoms. The highest BCUT2D eigenvalue weighted by Gasteiger charge is 2.50. The van der Waals surface area contributed by atoms with Crippen LogP contribution in [-0.2, 0) is 14.0 Å². The summed E-state index contributed by atoms with van der Waals surface area (Å²) in [6.45, 7) is 16.9. The van der Waals surface area contributed by atoms with Crippen molar-refractivity contribution in [3.63, 3.8) is 0 Å². The fourth-order valence-electron chi connectivity index (χ4n) is 6.28. The lowest BCUT2D eigenvalue weighted by atomic mass is 9.78. The van der Waals surface area contributed by atoms with E-state index in [1.54, 1.807) is 32.9 Å². The second-order valence-electron chi connectivity index (χ2n) is 16.2. The minimum atomic E-state index is -2.31. The maximum absolute atomic E-state index is 16.1. The van der Waals surface area contributed by atoms with Gasteiger partial charge in [-0.15, -0.1) is 0 Å². The van der Waals surface area contributed by atoms with Gasteiger partial charge in [0.25, 0.3) is 0 Å². The summed E-state index contributed by atoms with van der Waals surface area (Å²) in [5.41, 5.74) is 0.787. The summed E-state index contributed by atoms with van der Waals surface area (Å²) >= 11 is 0. The van der Waals surface area contributed by atoms with Crippen LogP contribution in [0.3, 0.4) is 0 Å². The van der Waals surface area contributed by atoms with E-state index >= 15 is 4.39 Å². The Morgan fingerprint density at radius 3 is 1.89 bits per heavy atom. The number of piperazine rings is 1. The van der Waals surface area contributed by atoms with Gasteiger partial charge in [0.05, 0.1) is 18.1 Å². The molecular formula is C40H50F3N3O6Si. The Morgan fingerprint density at radius 2 is 1.36 bits per heavy atom. The van der Waals surface area contributed by atoms with Gasteiger partial charge in [0.15, 0.2) is 8.32 Å². The van der Waals surface area contributed by atoms with Crippen LogP contribution in [0, 0.1) is 23.4 Å². The number of amides is 3. The molecule has 0 saturated carbocycles. The van der Waals surface area contributed by atoms with Crippen LogP contribution in [0.5, 0.6) is 5.75 Å². The summed E-state index contributed by atoms with van der Waals surface area (Å²) in [4.78, 5) is 43.7. The molecule has 0 bridgehead atoms. The molecule has 2 heterocycles. The number of hydrogen-bond acceptors (Lipinski definition) is 6. The van der Waals surface area contributed by atoms with Crippen LogP contribution < -0.4 is 9.64 Å². The molecule has 0 aromatic heterocycles. The summed E-state index contributed by atoms with van der Waals surface area (Å²) in [6.07, 6.45) is -0.814. The topological polar surface area (TPSA) is 88.6 Å². The van der Waals surface area contributed by atoms with Gasteiger partial charge in [0.2, 0.25) is 5.91 Å². The van der Waals surface area contributed by atoms with Crippen LogP contribution in [0.25, 0.3) is 0 Å². The number of β-lactam (4-membered cyclic amide) rings is 1. The second kappa shape index (κ2) is 15.5. The van der Waals surface area contributed by atoms with Gasteiger partial charge in [0, 0.05) is 43.5 Å². The van der Waals surface area contributed by atoms with E-state index in [0.29, 0.717) is 18.5 Å². The summed E-state index contributed by atoms with van der Waals surface area (Å²) in [5.74, 6) is -2.41. The molecule has 53 heavy (non-hydrogen) atoms. The second-order valence-corrected chi connectivity index (χ2v) is 21.0. The number of anilines is 1. The van der Waals surface area contributed by atoms with Crippen molar-refractivity contribution >= 4 is 32.1 Å². The van der Waals surface area contributed by atoms with Gasteiger partial charge in [-0.05, 0) is 99.8 Å². The molecule has 3 atom stereocenters. The Kier molecular flexibility index (Phi) is 11.7. The minimum Gasteiger partial charge on any atom is -0.444 e. The molecule has 2 aliphatic rings. The number of hydrogen-bond donors (Lipinski definition) is 0. The smallest absolute Gasteiger partial charge is 0.415 e. The van der Waals surface area contributed by atoms with E-state index in [-0.39, 0.29) is 54.3 Å². The van der Waals surface area contributed by atoms with Gasteiger partial charge in [-0.3, -0.25) is 4.79 Å². The molecule has 0 N–H and O–H groups in total. The molecule has 3 aromatic rings. The Bertz CT molecular complexity index is 1790. The number of carbonyl (C=O) groups excluding carboxylic acids is 3. The standard InChI is InChI=1S/C40H50F3N3O6Si/c1-39(2,3)51-38(49)45-23-21-44(22-24-45)37(48)50-30-17-18-31(33(43)25-30)35-32(36(47)46(35)29-15-13-28(42)14-16-29)19-20-34(26-9-11-27(41)12-10-26)52-53(7,8)40(4,5)6/h9-18,25,32,34-35H,19-24H2,1-8H3/t32-,34+,35-/m1/s1. The SMILES string of the molecule is CC(C)(C)OC(=O)N1CCN(C(=O)Oc2ccc([C@@H]3[C@@H](CC[C@H](O[Si](C)(C)C(C)(C)C)c4ccc(F)cc4)C(=O)N3c3ccc(F)cc3)c(F)c2)CC1. The molecule has 286 valence electrons. The number of halogens is 3. The van der Waals surface area contributed by atoms with Crippen molar-refractivity contribution in [1.29, 1.82) is 0 Å². The van der Waals surface area contributed by atoms with E-state index in [0.717, 1.165) is 11.6 Å². The van der Waals surface area contributed by atoms with Gasteiger partial charge >= 0.3 is 12.2 Å². The van der Waals surface area contributed by atoms with Crippen molar-refractivity contribution in [3.05, 3.63) is 95.3 Å². The largest absolute Gasteiger partial charge is 0.444 e. The van der Waals surface area contributed by atoms with E-state index in [9.17, 15) is 23.2 Å². The third kappa shape index (κ3) is 9.42. The van der Waals surface area contributed by atoms with Crippen LogP contribution in [0.15, 0.2) is 66.7 Å². The maximum atomic E-state index is 16.1. The zero-order chi connectivity index (χ0) is 38.9. The first-order valence-electron chi connectivity index (χ1n) is 18.0. The molecule has 0 spiro atoms. The molecule has 2 fully saturated rings. The normalized spacial score (nSPS) is 18.8. The van der Waals surface area contributed by atoms with Crippen molar-refractivity contribution in [2.45, 2.75) is 90.3 Å². The van der Waals surface area contributed by atoms with Crippen molar-refractivity contribution in [3.8, 4) is 5.75 Å². The highest BCUT2D eigenvalue weighted by molar-refractivity contribution is 6.74. The monoisotopic (exact) mass is 753 g/mol. The van der Waals surface area contributed by atoms with Crippen LogP contribution in [0.4, 0.5) is 28.4 Å². The summed E-state index contributed by atoms with van der Waals surface area (Å²) in [5, 5.41) is -0.109. The summed E-state index contributed by atoms with van der Waals surface area (Å²) in [7, 11) is -2.31. The zero-order valence-corrected chi connectivity index (χ0v) is 32.8. The highest BCUT2D eigenvalue weighted by atomic mass is 28.4. The van der Waals surface area contributed by atoms with Crippen LogP contribution >= 0.6 is 0 Å². The summed E-state index contributed by atoms with van der Waals surface area (Å²) < 4.78 is 61.6. The fraction of sp³-hybridized carbons (Fsp3) is 0.475. The van der Waals surface area contributed by atoms with Gasteiger partial charge in [0.1, 0.15) is 28.8 Å². The van der Waals surface area contributed by atoms with E-state index in [1.165, 1.54) is 63.2 Å². The number of rotatable bonds is 9. The minimum absolute atomic E-state index is 0.0134. The fourth-order valence-corrected chi connectivity index (χ4v) is 7.60. The molecule has 2 saturated heterocycles. The molecule has 5 rings (SSSR count). The van der Waals surface area contributed by atoms with Crippen molar-refractivity contribution in [2.75, 3.05) is 31.1 Å². The van der Waals surface area contributed by atoms with Crippen LogP contribution in [0.1, 0.15) is 77.7 Å². The number of benzene rings is 3. The predicted molar refractivity (Wildman–Crippen MR) is 199 cm³/mol. The van der Waals surface area contributed by atoms with Gasteiger partial charge in [-0.25, -0.2) is 22.8 Å². The molecule has 9 nitrogen and oxygen atoms in total. The van der Waals surface area contributed by atoms with Gasteiger partial charge < -0.3 is 28.6 Å². The van der Waals surface area contributed by atoms with Crippen molar-refractivity contribution in [1.82, 2.24) is 9.80 Å². The van der Waals surface area contributed by atoms with Gasteiger partial charge in [-0.2, -0.15) is 0 Å². The number of nitrogens with zero attached hydrogens (tertiary/aromatic N) is 3. The van der Waals surface area contributed by atoms with E-state index in [1.807, 2.05) is 0 Å². The number of ether oxygens (including phenoxy) is 2. The first kappa shape index (κ1) is 39.8. The molecule has 2 aliphatic heterocycles. The molecule has 0 unspecified atom stereocenters. The Balaban J connectivity index is 1.34. The first-order chi connectivity index (χ1) is 24.7. The summed E-state index contributed by atoms with van der Waals surface area (Å²) in [6, 6.07) is 15.0. The van der Waals surface area contributed by atoms with Crippen molar-refractivity contribution < 1.29 is 41.5 Å². The Labute approximate surface area is 311 Å². The van der Waals surface area contributed by atoms with E-state index in [2.05, 4.69) is 33.9 Å². The number of carbonyl (C=O) groups is 3. The van der Waals surface area contributed by atoms with E-state index in [4.69, 9.17) is 13.9 Å². The molecular weight excluding hydrogens is 704 g/mol. The third-order valence-corrected chi connectivity index (χ3v) is 14.7. The third-order valence-electron chi connectivity index (χ3n) is 10.2. The van der Waals surface area contributed by atoms with Crippen LogP contribution in [0.2, 0.25) is 18.1 Å². The lowest BCUT2D eigenvalue weighted by molar-refractivity contribution is -0.131. The highest BCUT2D eigenvalue weighted by Crippen LogP contribution is 2.48. The zero-order valence-electron chi connectivity index (χ0n) is 31.8.